The average molecular weight is 357 g/mol. The molecule has 0 aromatic heterocycles. The van der Waals surface area contributed by atoms with Crippen LogP contribution in [0.2, 0.25) is 0 Å². The van der Waals surface area contributed by atoms with Gasteiger partial charge in [0, 0.05) is 15.5 Å². The van der Waals surface area contributed by atoms with Gasteiger partial charge in [-0.2, -0.15) is 0 Å². The van der Waals surface area contributed by atoms with Gasteiger partial charge in [-0.3, -0.25) is 0 Å². The largest absolute Gasteiger partial charge is 0.395 e. The zero-order valence-corrected chi connectivity index (χ0v) is 14.8. The molecule has 4 heteroatoms. The molecule has 0 fully saturated rings. The van der Waals surface area contributed by atoms with Gasteiger partial charge in [0.1, 0.15) is 0 Å². The molecule has 2 atom stereocenters. The number of aliphatic hydroxyl groups is 2. The average Bonchev–Trinajstić information content (AvgIpc) is 2.65. The van der Waals surface area contributed by atoms with Crippen LogP contribution in [0.5, 0.6) is 0 Å². The number of aliphatic hydroxyl groups excluding tert-OH is 2. The van der Waals surface area contributed by atoms with Gasteiger partial charge in [0.25, 0.3) is 0 Å². The van der Waals surface area contributed by atoms with Crippen molar-refractivity contribution in [2.24, 2.45) is 0 Å². The summed E-state index contributed by atoms with van der Waals surface area (Å²) in [6.07, 6.45) is -0.579. The van der Waals surface area contributed by atoms with E-state index < -0.39 is 6.10 Å². The van der Waals surface area contributed by atoms with Crippen molar-refractivity contribution < 1.29 is 10.2 Å². The molecular weight excluding hydrogens is 336 g/mol. The fraction of sp³-hybridized carbons (Fsp3) is 0.200. The van der Waals surface area contributed by atoms with E-state index in [0.717, 1.165) is 9.79 Å². The molecule has 2 nitrogen and oxygen atoms in total. The molecule has 0 aliphatic heterocycles. The van der Waals surface area contributed by atoms with Gasteiger partial charge in [-0.25, -0.2) is 0 Å². The molecular formula is C20H20O2S2. The Labute approximate surface area is 150 Å². The van der Waals surface area contributed by atoms with Crippen molar-refractivity contribution in [3.63, 3.8) is 0 Å². The monoisotopic (exact) mass is 356 g/mol. The molecule has 0 radical (unpaired) electrons. The zero-order chi connectivity index (χ0) is 16.8. The SMILES string of the molecule is OCC(Sc1ccccc1)C(O)CSc1cccc2ccccc12. The first kappa shape index (κ1) is 17.4. The third-order valence-corrected chi connectivity index (χ3v) is 6.28. The Morgan fingerprint density at radius 3 is 2.33 bits per heavy atom. The highest BCUT2D eigenvalue weighted by Gasteiger charge is 2.20. The quantitative estimate of drug-likeness (QED) is 0.614. The summed E-state index contributed by atoms with van der Waals surface area (Å²) in [5.41, 5.74) is 0. The van der Waals surface area contributed by atoms with Crippen molar-refractivity contribution in [1.29, 1.82) is 0 Å². The van der Waals surface area contributed by atoms with Gasteiger partial charge >= 0.3 is 0 Å². The van der Waals surface area contributed by atoms with E-state index >= 15 is 0 Å². The molecule has 2 unspecified atom stereocenters. The first-order valence-corrected chi connectivity index (χ1v) is 9.75. The fourth-order valence-electron chi connectivity index (χ4n) is 2.52. The van der Waals surface area contributed by atoms with Crippen molar-refractivity contribution in [3.05, 3.63) is 72.8 Å². The predicted octanol–water partition coefficient (Wildman–Crippen LogP) is 4.45. The molecule has 0 heterocycles. The second-order valence-electron chi connectivity index (χ2n) is 5.51. The number of thioether (sulfide) groups is 2. The van der Waals surface area contributed by atoms with E-state index in [4.69, 9.17) is 0 Å². The summed E-state index contributed by atoms with van der Waals surface area (Å²) < 4.78 is 0. The van der Waals surface area contributed by atoms with Crippen molar-refractivity contribution in [3.8, 4) is 0 Å². The number of hydrogen-bond acceptors (Lipinski definition) is 4. The number of benzene rings is 3. The van der Waals surface area contributed by atoms with Gasteiger partial charge in [0.2, 0.25) is 0 Å². The van der Waals surface area contributed by atoms with Crippen molar-refractivity contribution >= 4 is 34.3 Å². The van der Waals surface area contributed by atoms with Gasteiger partial charge in [-0.05, 0) is 29.0 Å². The summed E-state index contributed by atoms with van der Waals surface area (Å²) in [4.78, 5) is 2.22. The molecule has 3 aromatic carbocycles. The van der Waals surface area contributed by atoms with Gasteiger partial charge in [0.15, 0.2) is 0 Å². The van der Waals surface area contributed by atoms with Crippen molar-refractivity contribution in [1.82, 2.24) is 0 Å². The normalized spacial score (nSPS) is 13.8. The molecule has 0 spiro atoms. The second-order valence-corrected chi connectivity index (χ2v) is 7.88. The first-order chi connectivity index (χ1) is 11.8. The molecule has 0 saturated carbocycles. The molecule has 2 N–H and O–H groups in total. The van der Waals surface area contributed by atoms with E-state index in [1.807, 2.05) is 48.5 Å². The molecule has 0 aliphatic rings. The maximum Gasteiger partial charge on any atom is 0.0778 e. The number of hydrogen-bond donors (Lipinski definition) is 2. The molecule has 0 saturated heterocycles. The van der Waals surface area contributed by atoms with Crippen LogP contribution in [0.4, 0.5) is 0 Å². The summed E-state index contributed by atoms with van der Waals surface area (Å²) in [6.45, 7) is -0.0448. The first-order valence-electron chi connectivity index (χ1n) is 7.89. The van der Waals surface area contributed by atoms with E-state index in [1.165, 1.54) is 22.5 Å². The van der Waals surface area contributed by atoms with Crippen LogP contribution in [0.1, 0.15) is 0 Å². The van der Waals surface area contributed by atoms with Crippen LogP contribution in [0.3, 0.4) is 0 Å². The Kier molecular flexibility index (Phi) is 6.21. The van der Waals surface area contributed by atoms with Gasteiger partial charge in [-0.15, -0.1) is 23.5 Å². The number of rotatable bonds is 7. The Morgan fingerprint density at radius 1 is 0.833 bits per heavy atom. The van der Waals surface area contributed by atoms with Gasteiger partial charge in [0.05, 0.1) is 18.0 Å². The van der Waals surface area contributed by atoms with Crippen molar-refractivity contribution in [2.75, 3.05) is 12.4 Å². The van der Waals surface area contributed by atoms with Crippen molar-refractivity contribution in [2.45, 2.75) is 21.1 Å². The minimum atomic E-state index is -0.579. The van der Waals surface area contributed by atoms with E-state index in [-0.39, 0.29) is 11.9 Å². The van der Waals surface area contributed by atoms with Gasteiger partial charge in [-0.1, -0.05) is 54.6 Å². The Hall–Kier alpha value is -1.46. The highest BCUT2D eigenvalue weighted by molar-refractivity contribution is 8.00. The molecule has 0 amide bonds. The smallest absolute Gasteiger partial charge is 0.0778 e. The lowest BCUT2D eigenvalue weighted by atomic mass is 10.1. The van der Waals surface area contributed by atoms with Crippen LogP contribution in [-0.2, 0) is 0 Å². The maximum atomic E-state index is 10.5. The third kappa shape index (κ3) is 4.33. The summed E-state index contributed by atoms with van der Waals surface area (Å²) in [7, 11) is 0. The van der Waals surface area contributed by atoms with E-state index in [9.17, 15) is 10.2 Å². The van der Waals surface area contributed by atoms with Crippen LogP contribution < -0.4 is 0 Å². The number of fused-ring (bicyclic) bond motifs is 1. The minimum absolute atomic E-state index is 0.0448. The maximum absolute atomic E-state index is 10.5. The Bertz CT molecular complexity index is 771. The summed E-state index contributed by atoms with van der Waals surface area (Å²) in [5.74, 6) is 0.555. The summed E-state index contributed by atoms with van der Waals surface area (Å²) in [5, 5.41) is 22.3. The van der Waals surface area contributed by atoms with E-state index in [2.05, 4.69) is 24.3 Å². The molecule has 124 valence electrons. The molecule has 3 aromatic rings. The summed E-state index contributed by atoms with van der Waals surface area (Å²) >= 11 is 3.16. The molecule has 24 heavy (non-hydrogen) atoms. The highest BCUT2D eigenvalue weighted by Crippen LogP contribution is 2.31. The highest BCUT2D eigenvalue weighted by atomic mass is 32.2. The minimum Gasteiger partial charge on any atom is -0.395 e. The molecule has 0 aliphatic carbocycles. The fourth-order valence-corrected chi connectivity index (χ4v) is 4.73. The van der Waals surface area contributed by atoms with Gasteiger partial charge < -0.3 is 10.2 Å². The predicted molar refractivity (Wildman–Crippen MR) is 104 cm³/mol. The van der Waals surface area contributed by atoms with Crippen LogP contribution in [0.25, 0.3) is 10.8 Å². The molecule has 0 bridgehead atoms. The topological polar surface area (TPSA) is 40.5 Å². The Morgan fingerprint density at radius 2 is 1.54 bits per heavy atom. The lowest BCUT2D eigenvalue weighted by molar-refractivity contribution is 0.160. The van der Waals surface area contributed by atoms with Crippen LogP contribution in [0, 0.1) is 0 Å². The lowest BCUT2D eigenvalue weighted by Crippen LogP contribution is -2.28. The zero-order valence-electron chi connectivity index (χ0n) is 13.2. The standard InChI is InChI=1S/C20H20O2S2/c21-13-20(24-16-9-2-1-3-10-16)18(22)14-23-19-12-6-8-15-7-4-5-11-17(15)19/h1-12,18,20-22H,13-14H2. The van der Waals surface area contributed by atoms with E-state index in [0.29, 0.717) is 5.75 Å². The van der Waals surface area contributed by atoms with Crippen LogP contribution in [0.15, 0.2) is 82.6 Å². The van der Waals surface area contributed by atoms with E-state index in [1.54, 1.807) is 11.8 Å². The van der Waals surface area contributed by atoms with Crippen LogP contribution in [-0.4, -0.2) is 33.9 Å². The summed E-state index contributed by atoms with van der Waals surface area (Å²) in [6, 6.07) is 24.4. The molecule has 3 rings (SSSR count). The lowest BCUT2D eigenvalue weighted by Gasteiger charge is -2.20. The third-order valence-electron chi connectivity index (χ3n) is 3.80. The Balaban J connectivity index is 1.66. The second kappa shape index (κ2) is 8.58. The van der Waals surface area contributed by atoms with Crippen LogP contribution >= 0.6 is 23.5 Å².